The molecule has 0 saturated carbocycles. The minimum absolute atomic E-state index is 0.0338. The van der Waals surface area contributed by atoms with Gasteiger partial charge in [-0.3, -0.25) is 0 Å². The van der Waals surface area contributed by atoms with Gasteiger partial charge in [0.05, 0.1) is 6.61 Å². The summed E-state index contributed by atoms with van der Waals surface area (Å²) in [6.07, 6.45) is -1.75. The summed E-state index contributed by atoms with van der Waals surface area (Å²) >= 11 is 1.28. The molecule has 0 bridgehead atoms. The quantitative estimate of drug-likeness (QED) is 0.852. The summed E-state index contributed by atoms with van der Waals surface area (Å²) in [6.45, 7) is 1.12. The second-order valence-corrected chi connectivity index (χ2v) is 4.91. The molecule has 1 heterocycles. The van der Waals surface area contributed by atoms with Crippen LogP contribution in [-0.4, -0.2) is 23.1 Å². The Balaban J connectivity index is 1.86. The lowest BCUT2D eigenvalue weighted by Gasteiger charge is -2.04. The van der Waals surface area contributed by atoms with E-state index in [4.69, 9.17) is 4.74 Å². The van der Waals surface area contributed by atoms with Gasteiger partial charge in [0, 0.05) is 37.2 Å². The molecule has 0 unspecified atom stereocenters. The molecule has 0 fully saturated rings. The Labute approximate surface area is 120 Å². The van der Waals surface area contributed by atoms with E-state index < -0.39 is 6.43 Å². The van der Waals surface area contributed by atoms with E-state index in [1.54, 1.807) is 19.2 Å². The predicted molar refractivity (Wildman–Crippen MR) is 74.2 cm³/mol. The first-order valence-electron chi connectivity index (χ1n) is 6.11. The highest BCUT2D eigenvalue weighted by Gasteiger charge is 2.06. The lowest BCUT2D eigenvalue weighted by atomic mass is 10.1. The third-order valence-electron chi connectivity index (χ3n) is 2.67. The zero-order chi connectivity index (χ0) is 14.4. The largest absolute Gasteiger partial charge is 0.384 e. The molecule has 0 aliphatic carbocycles. The van der Waals surface area contributed by atoms with Crippen LogP contribution in [0.3, 0.4) is 0 Å². The van der Waals surface area contributed by atoms with Crippen molar-refractivity contribution < 1.29 is 13.5 Å². The fourth-order valence-corrected chi connectivity index (χ4v) is 2.19. The zero-order valence-corrected chi connectivity index (χ0v) is 11.8. The molecule has 1 aromatic carbocycles. The van der Waals surface area contributed by atoms with Crippen LogP contribution in [0.2, 0.25) is 0 Å². The number of aromatic nitrogens is 2. The lowest BCUT2D eigenvalue weighted by Crippen LogP contribution is -2.00. The monoisotopic (exact) mass is 299 g/mol. The molecular weight excluding hydrogens is 284 g/mol. The van der Waals surface area contributed by atoms with Crippen molar-refractivity contribution >= 4 is 16.7 Å². The lowest BCUT2D eigenvalue weighted by molar-refractivity contribution is 0.151. The zero-order valence-electron chi connectivity index (χ0n) is 11.0. The van der Waals surface area contributed by atoms with E-state index in [0.717, 1.165) is 11.4 Å². The number of anilines is 1. The van der Waals surface area contributed by atoms with Gasteiger partial charge in [-0.2, -0.15) is 4.37 Å². The highest BCUT2D eigenvalue weighted by Crippen LogP contribution is 2.19. The van der Waals surface area contributed by atoms with Gasteiger partial charge in [0.25, 0.3) is 6.43 Å². The van der Waals surface area contributed by atoms with Crippen LogP contribution in [-0.2, 0) is 17.7 Å². The summed E-state index contributed by atoms with van der Waals surface area (Å²) in [4.78, 5) is 4.30. The van der Waals surface area contributed by atoms with Gasteiger partial charge in [-0.25, -0.2) is 13.8 Å². The topological polar surface area (TPSA) is 47.0 Å². The molecule has 108 valence electrons. The third-order valence-corrected chi connectivity index (χ3v) is 3.38. The highest BCUT2D eigenvalue weighted by atomic mass is 32.1. The van der Waals surface area contributed by atoms with E-state index in [1.807, 2.05) is 0 Å². The second-order valence-electron chi connectivity index (χ2n) is 4.15. The Kier molecular flexibility index (Phi) is 5.37. The number of rotatable bonds is 7. The average Bonchev–Trinajstić information content (AvgIpc) is 2.91. The van der Waals surface area contributed by atoms with Crippen molar-refractivity contribution in [3.8, 4) is 0 Å². The van der Waals surface area contributed by atoms with Gasteiger partial charge in [0.1, 0.15) is 5.82 Å². The van der Waals surface area contributed by atoms with Crippen LogP contribution >= 0.6 is 11.5 Å². The molecule has 2 rings (SSSR count). The summed E-state index contributed by atoms with van der Waals surface area (Å²) in [6, 6.07) is 6.24. The maximum absolute atomic E-state index is 12.4. The first-order valence-corrected chi connectivity index (χ1v) is 6.88. The summed E-state index contributed by atoms with van der Waals surface area (Å²) in [5, 5.41) is 3.84. The van der Waals surface area contributed by atoms with E-state index in [2.05, 4.69) is 14.7 Å². The van der Waals surface area contributed by atoms with E-state index in [1.165, 1.54) is 23.7 Å². The van der Waals surface area contributed by atoms with Gasteiger partial charge in [-0.1, -0.05) is 24.3 Å². The van der Waals surface area contributed by atoms with Crippen LogP contribution < -0.4 is 5.32 Å². The molecule has 7 heteroatoms. The summed E-state index contributed by atoms with van der Waals surface area (Å²) in [5.74, 6) is 0.743. The van der Waals surface area contributed by atoms with Crippen molar-refractivity contribution in [1.29, 1.82) is 0 Å². The van der Waals surface area contributed by atoms with E-state index in [0.29, 0.717) is 24.7 Å². The summed E-state index contributed by atoms with van der Waals surface area (Å²) in [7, 11) is 1.63. The average molecular weight is 299 g/mol. The first kappa shape index (κ1) is 14.8. The Morgan fingerprint density at radius 1 is 1.30 bits per heavy atom. The molecule has 0 atom stereocenters. The van der Waals surface area contributed by atoms with Crippen molar-refractivity contribution in [3.63, 3.8) is 0 Å². The maximum atomic E-state index is 12.4. The van der Waals surface area contributed by atoms with Crippen molar-refractivity contribution in [1.82, 2.24) is 9.36 Å². The Bertz CT molecular complexity index is 531. The Hall–Kier alpha value is -1.60. The number of halogens is 2. The number of hydrogen-bond donors (Lipinski definition) is 1. The van der Waals surface area contributed by atoms with Gasteiger partial charge in [0.2, 0.25) is 5.13 Å². The number of nitrogens with zero attached hydrogens (tertiary/aromatic N) is 2. The van der Waals surface area contributed by atoms with Gasteiger partial charge in [-0.05, 0) is 5.56 Å². The SMILES string of the molecule is COCCc1nsc(NCc2ccc(C(F)F)cc2)n1. The maximum Gasteiger partial charge on any atom is 0.263 e. The van der Waals surface area contributed by atoms with E-state index >= 15 is 0 Å². The minimum atomic E-state index is -2.43. The fourth-order valence-electron chi connectivity index (χ4n) is 1.58. The molecule has 0 aliphatic heterocycles. The first-order chi connectivity index (χ1) is 9.69. The van der Waals surface area contributed by atoms with Gasteiger partial charge >= 0.3 is 0 Å². The number of methoxy groups -OCH3 is 1. The number of nitrogens with one attached hydrogen (secondary N) is 1. The molecule has 0 saturated heterocycles. The number of alkyl halides is 2. The smallest absolute Gasteiger partial charge is 0.263 e. The number of hydrogen-bond acceptors (Lipinski definition) is 5. The molecular formula is C13H15F2N3OS. The van der Waals surface area contributed by atoms with Crippen molar-refractivity contribution in [2.75, 3.05) is 19.0 Å². The van der Waals surface area contributed by atoms with Crippen LogP contribution in [0.15, 0.2) is 24.3 Å². The molecule has 0 spiro atoms. The van der Waals surface area contributed by atoms with Crippen molar-refractivity contribution in [3.05, 3.63) is 41.2 Å². The van der Waals surface area contributed by atoms with Crippen LogP contribution in [0.25, 0.3) is 0 Å². The third kappa shape index (κ3) is 4.21. The van der Waals surface area contributed by atoms with E-state index in [-0.39, 0.29) is 5.56 Å². The number of benzene rings is 1. The van der Waals surface area contributed by atoms with Gasteiger partial charge in [0.15, 0.2) is 0 Å². The molecule has 20 heavy (non-hydrogen) atoms. The van der Waals surface area contributed by atoms with Crippen molar-refractivity contribution in [2.24, 2.45) is 0 Å². The Morgan fingerprint density at radius 3 is 2.70 bits per heavy atom. The molecule has 4 nitrogen and oxygen atoms in total. The second kappa shape index (κ2) is 7.25. The summed E-state index contributed by atoms with van der Waals surface area (Å²) < 4.78 is 34.0. The minimum Gasteiger partial charge on any atom is -0.384 e. The number of ether oxygens (including phenoxy) is 1. The molecule has 2 aromatic rings. The fraction of sp³-hybridized carbons (Fsp3) is 0.385. The van der Waals surface area contributed by atoms with Crippen LogP contribution in [0.1, 0.15) is 23.4 Å². The van der Waals surface area contributed by atoms with E-state index in [9.17, 15) is 8.78 Å². The predicted octanol–water partition coefficient (Wildman–Crippen LogP) is 3.28. The molecule has 0 radical (unpaired) electrons. The standard InChI is InChI=1S/C13H15F2N3OS/c1-19-7-6-11-17-13(20-18-11)16-8-9-2-4-10(5-3-9)12(14)15/h2-5,12H,6-8H2,1H3,(H,16,17,18). The van der Waals surface area contributed by atoms with Crippen molar-refractivity contribution in [2.45, 2.75) is 19.4 Å². The summed E-state index contributed by atoms with van der Waals surface area (Å²) in [5.41, 5.74) is 0.953. The normalized spacial score (nSPS) is 11.0. The highest BCUT2D eigenvalue weighted by molar-refractivity contribution is 7.09. The van der Waals surface area contributed by atoms with Crippen LogP contribution in [0, 0.1) is 0 Å². The van der Waals surface area contributed by atoms with Crippen LogP contribution in [0.4, 0.5) is 13.9 Å². The molecule has 0 aliphatic rings. The molecule has 1 N–H and O–H groups in total. The molecule has 0 amide bonds. The molecule has 1 aromatic heterocycles. The van der Waals surface area contributed by atoms with Crippen LogP contribution in [0.5, 0.6) is 0 Å². The van der Waals surface area contributed by atoms with Gasteiger partial charge in [-0.15, -0.1) is 0 Å². The van der Waals surface area contributed by atoms with Gasteiger partial charge < -0.3 is 10.1 Å². The Morgan fingerprint density at radius 2 is 2.05 bits per heavy atom.